The van der Waals surface area contributed by atoms with E-state index in [1.165, 1.54) is 17.7 Å². The van der Waals surface area contributed by atoms with Gasteiger partial charge in [-0.1, -0.05) is 25.1 Å². The number of hydrogen-bond donors (Lipinski definition) is 1. The van der Waals surface area contributed by atoms with E-state index >= 15 is 0 Å². The molecule has 1 aromatic heterocycles. The Morgan fingerprint density at radius 2 is 2.00 bits per heavy atom. The molecular weight excluding hydrogens is 471 g/mol. The molecule has 1 N–H and O–H groups in total. The third-order valence-electron chi connectivity index (χ3n) is 4.42. The van der Waals surface area contributed by atoms with Gasteiger partial charge in [-0.15, -0.1) is 45.9 Å². The number of likely N-dealkylation sites (tertiary alicyclic amines) is 1. The Kier molecular flexibility index (Phi) is 9.96. The lowest BCUT2D eigenvalue weighted by atomic mass is 10.4. The first-order valence-electron chi connectivity index (χ1n) is 9.44. The van der Waals surface area contributed by atoms with E-state index in [0.29, 0.717) is 0 Å². The van der Waals surface area contributed by atoms with E-state index in [4.69, 9.17) is 4.99 Å². The monoisotopic (exact) mass is 500 g/mol. The molecule has 0 spiro atoms. The number of benzene rings is 1. The second-order valence-corrected chi connectivity index (χ2v) is 7.45. The van der Waals surface area contributed by atoms with Gasteiger partial charge in [0, 0.05) is 43.2 Å². The van der Waals surface area contributed by atoms with Gasteiger partial charge in [-0.05, 0) is 25.0 Å². The van der Waals surface area contributed by atoms with E-state index in [-0.39, 0.29) is 24.0 Å². The minimum Gasteiger partial charge on any atom is -0.355 e. The van der Waals surface area contributed by atoms with Crippen molar-refractivity contribution in [1.29, 1.82) is 0 Å². The first-order chi connectivity index (χ1) is 12.9. The van der Waals surface area contributed by atoms with Crippen LogP contribution in [0.1, 0.15) is 25.6 Å². The molecule has 0 bridgehead atoms. The van der Waals surface area contributed by atoms with E-state index in [0.717, 1.165) is 56.7 Å². The number of aromatic nitrogens is 3. The first kappa shape index (κ1) is 22.0. The van der Waals surface area contributed by atoms with Crippen molar-refractivity contribution in [1.82, 2.24) is 25.0 Å². The summed E-state index contributed by atoms with van der Waals surface area (Å²) in [6.07, 6.45) is 5.21. The highest BCUT2D eigenvalue weighted by atomic mass is 127. The number of guanidine groups is 1. The summed E-state index contributed by atoms with van der Waals surface area (Å²) in [7, 11) is 0. The summed E-state index contributed by atoms with van der Waals surface area (Å²) in [5.74, 6) is 3.10. The number of aliphatic imine (C=N–C) groups is 1. The standard InChI is InChI=1S/C19H28N6S.HI/c1-2-18-23-22-16-25(18)14-10-20-19(24-12-6-7-13-24)21-11-15-26-17-8-4-3-5-9-17;/h3-5,8-9,16H,2,6-7,10-15H2,1H3,(H,20,21);1H. The summed E-state index contributed by atoms with van der Waals surface area (Å²) < 4.78 is 2.09. The van der Waals surface area contributed by atoms with Crippen LogP contribution in [-0.4, -0.2) is 57.6 Å². The highest BCUT2D eigenvalue weighted by molar-refractivity contribution is 14.0. The smallest absolute Gasteiger partial charge is 0.194 e. The fourth-order valence-electron chi connectivity index (χ4n) is 3.05. The number of aryl methyl sites for hydroxylation is 1. The first-order valence-corrected chi connectivity index (χ1v) is 10.4. The van der Waals surface area contributed by atoms with E-state index in [9.17, 15) is 0 Å². The SMILES string of the molecule is CCc1nncn1CCN=C(NCCSc1ccccc1)N1CCCC1.I. The molecule has 1 saturated heterocycles. The number of halogens is 1. The molecule has 3 rings (SSSR count). The quantitative estimate of drug-likeness (QED) is 0.198. The lowest BCUT2D eigenvalue weighted by Gasteiger charge is -2.21. The van der Waals surface area contributed by atoms with Crippen LogP contribution in [-0.2, 0) is 13.0 Å². The normalized spacial score (nSPS) is 14.3. The molecule has 0 atom stereocenters. The fraction of sp³-hybridized carbons (Fsp3) is 0.526. The van der Waals surface area contributed by atoms with Gasteiger partial charge in [0.25, 0.3) is 0 Å². The summed E-state index contributed by atoms with van der Waals surface area (Å²) in [5.41, 5.74) is 0. The number of rotatable bonds is 8. The lowest BCUT2D eigenvalue weighted by Crippen LogP contribution is -2.40. The average Bonchev–Trinajstić information content (AvgIpc) is 3.36. The molecule has 148 valence electrons. The Morgan fingerprint density at radius 3 is 2.74 bits per heavy atom. The number of thioether (sulfide) groups is 1. The van der Waals surface area contributed by atoms with Gasteiger partial charge in [-0.25, -0.2) is 0 Å². The molecule has 27 heavy (non-hydrogen) atoms. The zero-order chi connectivity index (χ0) is 18.0. The Bertz CT molecular complexity index is 685. The van der Waals surface area contributed by atoms with Crippen LogP contribution in [0, 0.1) is 0 Å². The van der Waals surface area contributed by atoms with Crippen molar-refractivity contribution in [3.63, 3.8) is 0 Å². The van der Waals surface area contributed by atoms with Gasteiger partial charge in [-0.2, -0.15) is 0 Å². The predicted molar refractivity (Wildman–Crippen MR) is 123 cm³/mol. The molecule has 0 radical (unpaired) electrons. The van der Waals surface area contributed by atoms with Crippen LogP contribution < -0.4 is 5.32 Å². The molecule has 1 aliphatic rings. The maximum Gasteiger partial charge on any atom is 0.194 e. The van der Waals surface area contributed by atoms with Crippen molar-refractivity contribution in [2.45, 2.75) is 37.6 Å². The van der Waals surface area contributed by atoms with Crippen LogP contribution in [0.5, 0.6) is 0 Å². The second kappa shape index (κ2) is 12.2. The van der Waals surface area contributed by atoms with Gasteiger partial charge >= 0.3 is 0 Å². The lowest BCUT2D eigenvalue weighted by molar-refractivity contribution is 0.492. The summed E-state index contributed by atoms with van der Waals surface area (Å²) in [6.45, 7) is 6.80. The molecule has 6 nitrogen and oxygen atoms in total. The van der Waals surface area contributed by atoms with Crippen molar-refractivity contribution >= 4 is 41.7 Å². The summed E-state index contributed by atoms with van der Waals surface area (Å²) in [5, 5.41) is 11.7. The second-order valence-electron chi connectivity index (χ2n) is 6.28. The van der Waals surface area contributed by atoms with Gasteiger partial charge < -0.3 is 14.8 Å². The van der Waals surface area contributed by atoms with E-state index in [1.54, 1.807) is 6.33 Å². The number of hydrogen-bond acceptors (Lipinski definition) is 4. The van der Waals surface area contributed by atoms with Crippen molar-refractivity contribution in [3.8, 4) is 0 Å². The van der Waals surface area contributed by atoms with Crippen molar-refractivity contribution in [2.24, 2.45) is 4.99 Å². The van der Waals surface area contributed by atoms with Crippen LogP contribution in [0.25, 0.3) is 0 Å². The minimum absolute atomic E-state index is 0. The maximum atomic E-state index is 4.85. The molecule has 0 aliphatic carbocycles. The predicted octanol–water partition coefficient (Wildman–Crippen LogP) is 3.29. The molecular formula is C19H29IN6S. The zero-order valence-electron chi connectivity index (χ0n) is 15.9. The third kappa shape index (κ3) is 6.99. The molecule has 1 fully saturated rings. The minimum atomic E-state index is 0. The highest BCUT2D eigenvalue weighted by Crippen LogP contribution is 2.16. The molecule has 0 saturated carbocycles. The average molecular weight is 500 g/mol. The Labute approximate surface area is 183 Å². The molecule has 1 aromatic carbocycles. The van der Waals surface area contributed by atoms with Crippen molar-refractivity contribution in [2.75, 3.05) is 31.9 Å². The molecule has 8 heteroatoms. The van der Waals surface area contributed by atoms with Gasteiger partial charge in [0.2, 0.25) is 0 Å². The topological polar surface area (TPSA) is 58.3 Å². The fourth-order valence-corrected chi connectivity index (χ4v) is 3.84. The summed E-state index contributed by atoms with van der Waals surface area (Å²) in [6, 6.07) is 10.5. The molecule has 2 aromatic rings. The van der Waals surface area contributed by atoms with Gasteiger partial charge in [-0.3, -0.25) is 4.99 Å². The van der Waals surface area contributed by atoms with Crippen molar-refractivity contribution in [3.05, 3.63) is 42.5 Å². The molecule has 2 heterocycles. The molecule has 0 amide bonds. The van der Waals surface area contributed by atoms with E-state index in [1.807, 2.05) is 11.8 Å². The van der Waals surface area contributed by atoms with Gasteiger partial charge in [0.1, 0.15) is 12.2 Å². The summed E-state index contributed by atoms with van der Waals surface area (Å²) >= 11 is 1.88. The van der Waals surface area contributed by atoms with E-state index in [2.05, 4.69) is 62.2 Å². The van der Waals surface area contributed by atoms with Gasteiger partial charge in [0.15, 0.2) is 5.96 Å². The largest absolute Gasteiger partial charge is 0.355 e. The van der Waals surface area contributed by atoms with Crippen LogP contribution in [0.15, 0.2) is 46.5 Å². The van der Waals surface area contributed by atoms with Crippen LogP contribution in [0.4, 0.5) is 0 Å². The van der Waals surface area contributed by atoms with Crippen LogP contribution in [0.2, 0.25) is 0 Å². The Balaban J connectivity index is 0.00000261. The maximum absolute atomic E-state index is 4.85. The highest BCUT2D eigenvalue weighted by Gasteiger charge is 2.15. The van der Waals surface area contributed by atoms with Gasteiger partial charge in [0.05, 0.1) is 6.54 Å². The third-order valence-corrected chi connectivity index (χ3v) is 5.43. The number of nitrogens with zero attached hydrogens (tertiary/aromatic N) is 5. The molecule has 0 unspecified atom stereocenters. The Morgan fingerprint density at radius 1 is 1.22 bits per heavy atom. The Hall–Kier alpha value is -1.29. The zero-order valence-corrected chi connectivity index (χ0v) is 19.0. The summed E-state index contributed by atoms with van der Waals surface area (Å²) in [4.78, 5) is 8.54. The van der Waals surface area contributed by atoms with Crippen LogP contribution >= 0.6 is 35.7 Å². The van der Waals surface area contributed by atoms with Crippen molar-refractivity contribution < 1.29 is 0 Å². The molecule has 1 aliphatic heterocycles. The van der Waals surface area contributed by atoms with Crippen LogP contribution in [0.3, 0.4) is 0 Å². The number of nitrogens with one attached hydrogen (secondary N) is 1. The van der Waals surface area contributed by atoms with E-state index < -0.39 is 0 Å².